The van der Waals surface area contributed by atoms with Crippen LogP contribution in [0.5, 0.6) is 5.75 Å². The van der Waals surface area contributed by atoms with Crippen molar-refractivity contribution in [1.29, 1.82) is 0 Å². The summed E-state index contributed by atoms with van der Waals surface area (Å²) in [5.74, 6) is -0.156. The lowest BCUT2D eigenvalue weighted by molar-refractivity contribution is -0.126. The number of aliphatic hydroxyl groups is 1. The minimum atomic E-state index is -0.446. The highest BCUT2D eigenvalue weighted by atomic mass is 19.1. The Morgan fingerprint density at radius 1 is 1.57 bits per heavy atom. The minimum Gasteiger partial charge on any atom is -0.494 e. The second-order valence-corrected chi connectivity index (χ2v) is 5.35. The van der Waals surface area contributed by atoms with Crippen LogP contribution < -0.4 is 4.74 Å². The number of benzene rings is 1. The van der Waals surface area contributed by atoms with Gasteiger partial charge >= 0.3 is 0 Å². The molecule has 0 bridgehead atoms. The van der Waals surface area contributed by atoms with Gasteiger partial charge < -0.3 is 14.7 Å². The number of carbonyl (C=O) groups excluding carboxylic acids is 1. The maximum atomic E-state index is 13.3. The first kappa shape index (κ1) is 15.5. The van der Waals surface area contributed by atoms with Crippen molar-refractivity contribution in [2.24, 2.45) is 5.92 Å². The lowest BCUT2D eigenvalue weighted by atomic mass is 10.2. The molecule has 1 N–H and O–H groups in total. The summed E-state index contributed by atoms with van der Waals surface area (Å²) in [6.45, 7) is 0.334. The monoisotopic (exact) mass is 293 g/mol. The summed E-state index contributed by atoms with van der Waals surface area (Å²) in [6.07, 6.45) is 4.64. The number of ether oxygens (including phenoxy) is 1. The molecule has 1 fully saturated rings. The van der Waals surface area contributed by atoms with Crippen LogP contribution in [0.4, 0.5) is 4.39 Å². The van der Waals surface area contributed by atoms with Gasteiger partial charge in [0, 0.05) is 19.7 Å². The number of amides is 1. The first-order valence-corrected chi connectivity index (χ1v) is 6.96. The van der Waals surface area contributed by atoms with Gasteiger partial charge in [0.2, 0.25) is 5.91 Å². The molecule has 4 nitrogen and oxygen atoms in total. The van der Waals surface area contributed by atoms with Gasteiger partial charge in [-0.25, -0.2) is 4.39 Å². The van der Waals surface area contributed by atoms with Gasteiger partial charge in [-0.15, -0.1) is 0 Å². The normalized spacial score (nSPS) is 16.0. The van der Waals surface area contributed by atoms with Crippen molar-refractivity contribution in [3.8, 4) is 5.75 Å². The topological polar surface area (TPSA) is 49.8 Å². The lowest BCUT2D eigenvalue weighted by Crippen LogP contribution is -2.34. The largest absolute Gasteiger partial charge is 0.494 e. The van der Waals surface area contributed by atoms with Gasteiger partial charge in [0.1, 0.15) is 0 Å². The number of rotatable bonds is 6. The highest BCUT2D eigenvalue weighted by Crippen LogP contribution is 2.32. The fourth-order valence-electron chi connectivity index (χ4n) is 2.08. The fourth-order valence-corrected chi connectivity index (χ4v) is 2.08. The average Bonchev–Trinajstić information content (AvgIpc) is 3.30. The quantitative estimate of drug-likeness (QED) is 0.817. The molecule has 5 heteroatoms. The summed E-state index contributed by atoms with van der Waals surface area (Å²) in [7, 11) is 3.05. The van der Waals surface area contributed by atoms with Crippen LogP contribution in [0.1, 0.15) is 18.4 Å². The van der Waals surface area contributed by atoms with Gasteiger partial charge in [-0.1, -0.05) is 6.07 Å². The Morgan fingerprint density at radius 2 is 2.29 bits per heavy atom. The molecule has 1 aliphatic carbocycles. The lowest BCUT2D eigenvalue weighted by Gasteiger charge is -2.19. The first-order chi connectivity index (χ1) is 10.0. The van der Waals surface area contributed by atoms with Gasteiger partial charge in [0.15, 0.2) is 11.6 Å². The number of nitrogens with zero attached hydrogens (tertiary/aromatic N) is 1. The van der Waals surface area contributed by atoms with Crippen molar-refractivity contribution < 1.29 is 19.0 Å². The molecule has 1 saturated carbocycles. The summed E-state index contributed by atoms with van der Waals surface area (Å²) < 4.78 is 18.2. The fraction of sp³-hybridized carbons (Fsp3) is 0.438. The van der Waals surface area contributed by atoms with Crippen molar-refractivity contribution in [3.05, 3.63) is 35.7 Å². The molecule has 1 amide bonds. The van der Waals surface area contributed by atoms with Gasteiger partial charge in [-0.3, -0.25) is 4.79 Å². The van der Waals surface area contributed by atoms with E-state index in [-0.39, 0.29) is 11.7 Å². The molecule has 1 aromatic rings. The van der Waals surface area contributed by atoms with E-state index in [1.807, 2.05) is 0 Å². The number of methoxy groups -OCH3 is 1. The van der Waals surface area contributed by atoms with Crippen molar-refractivity contribution >= 4 is 12.0 Å². The van der Waals surface area contributed by atoms with Crippen molar-refractivity contribution in [2.45, 2.75) is 18.9 Å². The molecule has 2 rings (SSSR count). The van der Waals surface area contributed by atoms with Crippen molar-refractivity contribution in [3.63, 3.8) is 0 Å². The van der Waals surface area contributed by atoms with Crippen LogP contribution in [0.3, 0.4) is 0 Å². The third-order valence-corrected chi connectivity index (χ3v) is 3.60. The zero-order valence-corrected chi connectivity index (χ0v) is 12.3. The number of hydrogen-bond acceptors (Lipinski definition) is 3. The number of aliphatic hydroxyl groups excluding tert-OH is 1. The molecule has 114 valence electrons. The van der Waals surface area contributed by atoms with Gasteiger partial charge in [-0.2, -0.15) is 0 Å². The van der Waals surface area contributed by atoms with Crippen LogP contribution in [-0.4, -0.2) is 42.7 Å². The Kier molecular flexibility index (Phi) is 4.96. The summed E-state index contributed by atoms with van der Waals surface area (Å²) in [6, 6.07) is 4.39. The third-order valence-electron chi connectivity index (χ3n) is 3.60. The molecule has 1 atom stereocenters. The number of halogens is 1. The summed E-state index contributed by atoms with van der Waals surface area (Å²) >= 11 is 0. The second-order valence-electron chi connectivity index (χ2n) is 5.35. The molecule has 0 heterocycles. The smallest absolute Gasteiger partial charge is 0.246 e. The van der Waals surface area contributed by atoms with E-state index in [9.17, 15) is 14.3 Å². The Morgan fingerprint density at radius 3 is 2.90 bits per heavy atom. The Balaban J connectivity index is 1.94. The Hall–Kier alpha value is -1.88. The van der Waals surface area contributed by atoms with E-state index in [4.69, 9.17) is 4.74 Å². The van der Waals surface area contributed by atoms with Gasteiger partial charge in [0.05, 0.1) is 13.2 Å². The number of carbonyl (C=O) groups is 1. The standard InChI is InChI=1S/C16H20FNO3/c1-18(10-14(19)12-5-6-12)16(20)8-4-11-3-7-13(17)15(9-11)21-2/h3-4,7-9,12,14,19H,5-6,10H2,1-2H3/b8-4+. The molecule has 1 aromatic carbocycles. The van der Waals surface area contributed by atoms with Crippen LogP contribution in [0.15, 0.2) is 24.3 Å². The maximum Gasteiger partial charge on any atom is 0.246 e. The Labute approximate surface area is 123 Å². The zero-order valence-electron chi connectivity index (χ0n) is 12.3. The molecule has 0 radical (unpaired) electrons. The predicted octanol–water partition coefficient (Wildman–Crippen LogP) is 2.08. The maximum absolute atomic E-state index is 13.3. The molecule has 1 aliphatic rings. The van der Waals surface area contributed by atoms with E-state index in [1.165, 1.54) is 30.2 Å². The van der Waals surface area contributed by atoms with Crippen LogP contribution in [0.2, 0.25) is 0 Å². The SMILES string of the molecule is COc1cc(/C=C/C(=O)N(C)CC(O)C2CC2)ccc1F. The van der Waals surface area contributed by atoms with Crippen LogP contribution >= 0.6 is 0 Å². The average molecular weight is 293 g/mol. The van der Waals surface area contributed by atoms with Gasteiger partial charge in [0.25, 0.3) is 0 Å². The number of hydrogen-bond donors (Lipinski definition) is 1. The zero-order chi connectivity index (χ0) is 15.4. The molecule has 1 unspecified atom stereocenters. The van der Waals surface area contributed by atoms with Gasteiger partial charge in [-0.05, 0) is 42.5 Å². The molecular weight excluding hydrogens is 273 g/mol. The van der Waals surface area contributed by atoms with Crippen LogP contribution in [0, 0.1) is 11.7 Å². The molecule has 21 heavy (non-hydrogen) atoms. The van der Waals surface area contributed by atoms with Crippen LogP contribution in [-0.2, 0) is 4.79 Å². The first-order valence-electron chi connectivity index (χ1n) is 6.96. The molecule has 0 saturated heterocycles. The summed E-state index contributed by atoms with van der Waals surface area (Å²) in [4.78, 5) is 13.4. The molecule has 0 aromatic heterocycles. The Bertz CT molecular complexity index is 540. The highest BCUT2D eigenvalue weighted by molar-refractivity contribution is 5.91. The van der Waals surface area contributed by atoms with E-state index in [1.54, 1.807) is 19.2 Å². The van der Waals surface area contributed by atoms with Crippen LogP contribution in [0.25, 0.3) is 6.08 Å². The van der Waals surface area contributed by atoms with E-state index < -0.39 is 11.9 Å². The summed E-state index contributed by atoms with van der Waals surface area (Å²) in [5.41, 5.74) is 0.678. The predicted molar refractivity (Wildman–Crippen MR) is 78.4 cm³/mol. The van der Waals surface area contributed by atoms with Crippen molar-refractivity contribution in [1.82, 2.24) is 4.90 Å². The van der Waals surface area contributed by atoms with E-state index in [2.05, 4.69) is 0 Å². The molecular formula is C16H20FNO3. The summed E-state index contributed by atoms with van der Waals surface area (Å²) in [5, 5.41) is 9.82. The molecule has 0 spiro atoms. The van der Waals surface area contributed by atoms with E-state index in [0.717, 1.165) is 12.8 Å². The highest BCUT2D eigenvalue weighted by Gasteiger charge is 2.30. The van der Waals surface area contributed by atoms with E-state index >= 15 is 0 Å². The third kappa shape index (κ3) is 4.29. The molecule has 0 aliphatic heterocycles. The van der Waals surface area contributed by atoms with E-state index in [0.29, 0.717) is 18.0 Å². The minimum absolute atomic E-state index is 0.141. The number of likely N-dealkylation sites (N-methyl/N-ethyl adjacent to an activating group) is 1. The second kappa shape index (κ2) is 6.72. The van der Waals surface area contributed by atoms with Crippen molar-refractivity contribution in [2.75, 3.05) is 20.7 Å².